The lowest BCUT2D eigenvalue weighted by Crippen LogP contribution is -2.37. The van der Waals surface area contributed by atoms with E-state index in [-0.39, 0.29) is 6.04 Å². The number of benzene rings is 3. The largest absolute Gasteiger partial charge is 0.357 e. The molecule has 1 fully saturated rings. The fourth-order valence-corrected chi connectivity index (χ4v) is 10.1. The van der Waals surface area contributed by atoms with Gasteiger partial charge in [0.05, 0.1) is 18.1 Å². The highest BCUT2D eigenvalue weighted by molar-refractivity contribution is 5.75. The molecule has 0 radical (unpaired) electrons. The van der Waals surface area contributed by atoms with E-state index in [0.29, 0.717) is 29.8 Å². The molecule has 54 heavy (non-hydrogen) atoms. The molecular weight excluding hydrogens is 653 g/mol. The molecule has 1 heterocycles. The Morgan fingerprint density at radius 3 is 2.22 bits per heavy atom. The molecule has 0 spiro atoms. The van der Waals surface area contributed by atoms with Crippen molar-refractivity contribution in [2.24, 2.45) is 17.8 Å². The van der Waals surface area contributed by atoms with E-state index in [2.05, 4.69) is 192 Å². The number of hydrogen-bond acceptors (Lipinski definition) is 2. The Morgan fingerprint density at radius 1 is 0.593 bits per heavy atom. The molecule has 0 bridgehead atoms. The standard InChI is InChI=1S/C52H48N2/c1-3-13-37(14-4-1)38-23-30-43(31-24-38)53(42-16-5-2-6-17-42)44-32-25-40(26-33-44)46-18-9-10-19-47(46)41-27-34-45(35-28-41)54-50-22-12-11-21-49(50)52-48-20-8-7-15-39(48)29-36-51(52)54/h1,3-5,7,9-17,19,21-32,34-36,44,46,49-52H,2,6,8,18,20,33H2. The Labute approximate surface area is 321 Å². The van der Waals surface area contributed by atoms with Crippen molar-refractivity contribution in [3.63, 3.8) is 0 Å². The average molecular weight is 701 g/mol. The second-order valence-corrected chi connectivity index (χ2v) is 15.7. The van der Waals surface area contributed by atoms with Crippen LogP contribution in [-0.4, -0.2) is 18.1 Å². The number of anilines is 2. The number of hydrogen-bond donors (Lipinski definition) is 0. The van der Waals surface area contributed by atoms with E-state index in [0.717, 1.165) is 32.1 Å². The minimum Gasteiger partial charge on any atom is -0.357 e. The molecular formula is C52H48N2. The molecule has 0 saturated carbocycles. The number of allylic oxidation sites excluding steroid dienone is 15. The van der Waals surface area contributed by atoms with E-state index >= 15 is 0 Å². The van der Waals surface area contributed by atoms with Crippen LogP contribution in [-0.2, 0) is 0 Å². The second-order valence-electron chi connectivity index (χ2n) is 15.7. The zero-order chi connectivity index (χ0) is 35.8. The zero-order valence-corrected chi connectivity index (χ0v) is 30.9. The highest BCUT2D eigenvalue weighted by atomic mass is 15.2. The summed E-state index contributed by atoms with van der Waals surface area (Å²) in [7, 11) is 0. The van der Waals surface area contributed by atoms with Gasteiger partial charge >= 0.3 is 0 Å². The summed E-state index contributed by atoms with van der Waals surface area (Å²) in [6.45, 7) is 0. The van der Waals surface area contributed by atoms with Crippen LogP contribution in [0.2, 0.25) is 0 Å². The molecule has 3 aromatic rings. The van der Waals surface area contributed by atoms with Crippen molar-refractivity contribution in [2.75, 3.05) is 9.80 Å². The fraction of sp³-hybridized carbons (Fsp3) is 0.231. The van der Waals surface area contributed by atoms with Gasteiger partial charge in [0.15, 0.2) is 0 Å². The van der Waals surface area contributed by atoms with Gasteiger partial charge < -0.3 is 9.80 Å². The van der Waals surface area contributed by atoms with E-state index in [1.807, 2.05) is 0 Å². The van der Waals surface area contributed by atoms with Crippen LogP contribution < -0.4 is 9.80 Å². The van der Waals surface area contributed by atoms with Crippen molar-refractivity contribution in [2.45, 2.75) is 56.7 Å². The highest BCUT2D eigenvalue weighted by Gasteiger charge is 2.49. The minimum absolute atomic E-state index is 0.262. The van der Waals surface area contributed by atoms with Crippen LogP contribution in [0.3, 0.4) is 0 Å². The van der Waals surface area contributed by atoms with E-state index in [4.69, 9.17) is 0 Å². The SMILES string of the molecule is C1=CCC(C2=CCC(N(C3=CCCC=C3)c3ccc(-c4ccccc4)cc3)C=C2)C(c2ccc(N3C4C=CC=CC4C4C5=C(C=CCC5)C=CC43)cc2)=C1. The van der Waals surface area contributed by atoms with Crippen LogP contribution >= 0.6 is 0 Å². The third-order valence-corrected chi connectivity index (χ3v) is 12.7. The van der Waals surface area contributed by atoms with Crippen molar-refractivity contribution in [1.29, 1.82) is 0 Å². The lowest BCUT2D eigenvalue weighted by molar-refractivity contribution is 0.480. The maximum atomic E-state index is 2.70. The molecule has 6 aliphatic carbocycles. The van der Waals surface area contributed by atoms with Gasteiger partial charge in [0.25, 0.3) is 0 Å². The first-order valence-electron chi connectivity index (χ1n) is 20.2. The van der Waals surface area contributed by atoms with Crippen molar-refractivity contribution in [1.82, 2.24) is 0 Å². The van der Waals surface area contributed by atoms with E-state index in [1.165, 1.54) is 56.9 Å². The van der Waals surface area contributed by atoms with Crippen LogP contribution in [0.5, 0.6) is 0 Å². The minimum atomic E-state index is 0.262. The Morgan fingerprint density at radius 2 is 1.41 bits per heavy atom. The van der Waals surface area contributed by atoms with Crippen molar-refractivity contribution in [3.8, 4) is 11.1 Å². The first-order chi connectivity index (χ1) is 26.8. The summed E-state index contributed by atoms with van der Waals surface area (Å²) in [5, 5.41) is 0. The molecule has 3 aromatic carbocycles. The van der Waals surface area contributed by atoms with Crippen LogP contribution in [0, 0.1) is 17.8 Å². The van der Waals surface area contributed by atoms with Gasteiger partial charge in [0.2, 0.25) is 0 Å². The number of rotatable bonds is 7. The summed E-state index contributed by atoms with van der Waals surface area (Å²) in [5.74, 6) is 1.41. The molecule has 0 aromatic heterocycles. The van der Waals surface area contributed by atoms with Gasteiger partial charge in [-0.2, -0.15) is 0 Å². The summed E-state index contributed by atoms with van der Waals surface area (Å²) in [4.78, 5) is 5.24. The molecule has 1 aliphatic heterocycles. The average Bonchev–Trinajstić information content (AvgIpc) is 3.60. The Hall–Kier alpha value is -5.60. The van der Waals surface area contributed by atoms with Gasteiger partial charge in [-0.15, -0.1) is 0 Å². The predicted molar refractivity (Wildman–Crippen MR) is 228 cm³/mol. The Balaban J connectivity index is 0.888. The lowest BCUT2D eigenvalue weighted by atomic mass is 9.73. The third-order valence-electron chi connectivity index (χ3n) is 12.7. The van der Waals surface area contributed by atoms with Crippen molar-refractivity contribution in [3.05, 3.63) is 210 Å². The quantitative estimate of drug-likeness (QED) is 0.242. The highest BCUT2D eigenvalue weighted by Crippen LogP contribution is 2.50. The van der Waals surface area contributed by atoms with E-state index in [1.54, 1.807) is 5.57 Å². The Bertz CT molecular complexity index is 2250. The van der Waals surface area contributed by atoms with Gasteiger partial charge in [0.1, 0.15) is 0 Å². The normalized spacial score (nSPS) is 27.6. The molecule has 10 rings (SSSR count). The molecule has 7 aliphatic rings. The van der Waals surface area contributed by atoms with Gasteiger partial charge in [0, 0.05) is 34.8 Å². The molecule has 2 heteroatoms. The third kappa shape index (κ3) is 5.99. The summed E-state index contributed by atoms with van der Waals surface area (Å²) in [5.41, 5.74) is 13.7. The topological polar surface area (TPSA) is 6.48 Å². The van der Waals surface area contributed by atoms with Gasteiger partial charge in [-0.1, -0.05) is 157 Å². The first kappa shape index (κ1) is 33.0. The summed E-state index contributed by atoms with van der Waals surface area (Å²) < 4.78 is 0. The fourth-order valence-electron chi connectivity index (χ4n) is 10.1. The zero-order valence-electron chi connectivity index (χ0n) is 30.9. The summed E-state index contributed by atoms with van der Waals surface area (Å²) in [6.07, 6.45) is 46.9. The maximum absolute atomic E-state index is 2.70. The summed E-state index contributed by atoms with van der Waals surface area (Å²) >= 11 is 0. The Kier molecular flexibility index (Phi) is 8.76. The molecule has 0 N–H and O–H groups in total. The number of nitrogens with zero attached hydrogens (tertiary/aromatic N) is 2. The van der Waals surface area contributed by atoms with Crippen LogP contribution in [0.15, 0.2) is 205 Å². The van der Waals surface area contributed by atoms with Crippen LogP contribution in [0.25, 0.3) is 16.7 Å². The van der Waals surface area contributed by atoms with E-state index in [9.17, 15) is 0 Å². The summed E-state index contributed by atoms with van der Waals surface area (Å²) in [6, 6.07) is 30.4. The molecule has 6 atom stereocenters. The molecule has 2 nitrogen and oxygen atoms in total. The number of fused-ring (bicyclic) bond motifs is 4. The van der Waals surface area contributed by atoms with Crippen molar-refractivity contribution >= 4 is 16.9 Å². The van der Waals surface area contributed by atoms with Gasteiger partial charge in [-0.3, -0.25) is 0 Å². The van der Waals surface area contributed by atoms with E-state index < -0.39 is 0 Å². The molecule has 0 amide bonds. The van der Waals surface area contributed by atoms with Crippen molar-refractivity contribution < 1.29 is 0 Å². The first-order valence-corrected chi connectivity index (χ1v) is 20.2. The van der Waals surface area contributed by atoms with Crippen LogP contribution in [0.1, 0.15) is 44.1 Å². The second kappa shape index (κ2) is 14.3. The molecule has 266 valence electrons. The maximum Gasteiger partial charge on any atom is 0.0559 e. The predicted octanol–water partition coefficient (Wildman–Crippen LogP) is 12.4. The lowest BCUT2D eigenvalue weighted by Gasteiger charge is -2.36. The monoisotopic (exact) mass is 700 g/mol. The van der Waals surface area contributed by atoms with Crippen LogP contribution in [0.4, 0.5) is 11.4 Å². The smallest absolute Gasteiger partial charge is 0.0559 e. The molecule has 6 unspecified atom stereocenters. The van der Waals surface area contributed by atoms with Gasteiger partial charge in [-0.25, -0.2) is 0 Å². The van der Waals surface area contributed by atoms with Gasteiger partial charge in [-0.05, 0) is 102 Å². The molecule has 1 saturated heterocycles.